The van der Waals surface area contributed by atoms with Crippen molar-refractivity contribution in [2.24, 2.45) is 5.92 Å². The number of hydrogen-bond donors (Lipinski definition) is 2. The highest BCUT2D eigenvalue weighted by Crippen LogP contribution is 2.16. The maximum absolute atomic E-state index is 13.4. The third kappa shape index (κ3) is 6.21. The highest BCUT2D eigenvalue weighted by Gasteiger charge is 2.22. The van der Waals surface area contributed by atoms with Crippen LogP contribution in [0.2, 0.25) is 0 Å². The summed E-state index contributed by atoms with van der Waals surface area (Å²) in [7, 11) is 0. The van der Waals surface area contributed by atoms with Gasteiger partial charge >= 0.3 is 0 Å². The van der Waals surface area contributed by atoms with Crippen LogP contribution in [0, 0.1) is 17.6 Å². The number of halogens is 2. The highest BCUT2D eigenvalue weighted by molar-refractivity contribution is 5.78. The minimum atomic E-state index is -1.02. The molecule has 21 heavy (non-hydrogen) atoms. The van der Waals surface area contributed by atoms with Gasteiger partial charge < -0.3 is 10.4 Å². The first kappa shape index (κ1) is 17.6. The zero-order chi connectivity index (χ0) is 16.0. The molecule has 0 bridgehead atoms. The molecule has 0 aliphatic heterocycles. The molecule has 5 heteroatoms. The molecule has 118 valence electrons. The molecule has 0 heterocycles. The van der Waals surface area contributed by atoms with E-state index in [4.69, 9.17) is 0 Å². The second-order valence-electron chi connectivity index (χ2n) is 6.08. The van der Waals surface area contributed by atoms with E-state index in [0.717, 1.165) is 18.6 Å². The summed E-state index contributed by atoms with van der Waals surface area (Å²) in [5.74, 6) is -1.53. The van der Waals surface area contributed by atoms with Crippen LogP contribution in [0.25, 0.3) is 0 Å². The lowest BCUT2D eigenvalue weighted by atomic mass is 9.95. The Morgan fingerprint density at radius 2 is 1.90 bits per heavy atom. The first-order valence-corrected chi connectivity index (χ1v) is 7.13. The van der Waals surface area contributed by atoms with Crippen molar-refractivity contribution < 1.29 is 18.7 Å². The van der Waals surface area contributed by atoms with E-state index in [-0.39, 0.29) is 18.5 Å². The number of aliphatic hydroxyl groups is 1. The van der Waals surface area contributed by atoms with E-state index in [1.54, 1.807) is 6.92 Å². The average Bonchev–Trinajstić information content (AvgIpc) is 2.39. The van der Waals surface area contributed by atoms with Crippen LogP contribution in [-0.2, 0) is 11.2 Å². The molecule has 2 N–H and O–H groups in total. The summed E-state index contributed by atoms with van der Waals surface area (Å²) < 4.78 is 26.9. The average molecular weight is 299 g/mol. The molecule has 0 aliphatic carbocycles. The van der Waals surface area contributed by atoms with Gasteiger partial charge in [-0.15, -0.1) is 0 Å². The summed E-state index contributed by atoms with van der Waals surface area (Å²) in [5.41, 5.74) is -1.27. The normalized spacial score (nSPS) is 14.0. The Hall–Kier alpha value is -1.49. The molecule has 1 amide bonds. The fourth-order valence-corrected chi connectivity index (χ4v) is 1.90. The van der Waals surface area contributed by atoms with Gasteiger partial charge in [0.15, 0.2) is 0 Å². The SMILES string of the molecule is CC(C)CCC(C)(O)CNC(=O)Cc1c(F)cccc1F. The smallest absolute Gasteiger partial charge is 0.224 e. The largest absolute Gasteiger partial charge is 0.388 e. The predicted molar refractivity (Wildman–Crippen MR) is 77.8 cm³/mol. The van der Waals surface area contributed by atoms with E-state index < -0.39 is 23.1 Å². The van der Waals surface area contributed by atoms with Gasteiger partial charge in [-0.3, -0.25) is 4.79 Å². The second kappa shape index (κ2) is 7.50. The standard InChI is InChI=1S/C16H23F2NO2/c1-11(2)7-8-16(3,21)10-19-15(20)9-12-13(17)5-4-6-14(12)18/h4-6,11,21H,7-10H2,1-3H3,(H,19,20). The van der Waals surface area contributed by atoms with Gasteiger partial charge in [-0.1, -0.05) is 19.9 Å². The van der Waals surface area contributed by atoms with Crippen molar-refractivity contribution in [1.82, 2.24) is 5.32 Å². The number of amides is 1. The lowest BCUT2D eigenvalue weighted by Gasteiger charge is -2.24. The van der Waals surface area contributed by atoms with Gasteiger partial charge in [0.05, 0.1) is 12.0 Å². The third-order valence-corrected chi connectivity index (χ3v) is 3.33. The van der Waals surface area contributed by atoms with Gasteiger partial charge in [0.25, 0.3) is 0 Å². The van der Waals surface area contributed by atoms with Crippen LogP contribution < -0.4 is 5.32 Å². The highest BCUT2D eigenvalue weighted by atomic mass is 19.1. The quantitative estimate of drug-likeness (QED) is 0.813. The second-order valence-corrected chi connectivity index (χ2v) is 6.08. The van der Waals surface area contributed by atoms with Gasteiger partial charge in [0, 0.05) is 12.1 Å². The Bertz CT molecular complexity index is 467. The van der Waals surface area contributed by atoms with Crippen LogP contribution in [0.5, 0.6) is 0 Å². The monoisotopic (exact) mass is 299 g/mol. The maximum Gasteiger partial charge on any atom is 0.224 e. The molecule has 0 saturated carbocycles. The number of rotatable bonds is 7. The summed E-state index contributed by atoms with van der Waals surface area (Å²) >= 11 is 0. The molecule has 0 aliphatic rings. The van der Waals surface area contributed by atoms with Gasteiger partial charge in [-0.05, 0) is 37.8 Å². The summed E-state index contributed by atoms with van der Waals surface area (Å²) in [6.07, 6.45) is 1.02. The Morgan fingerprint density at radius 3 is 2.43 bits per heavy atom. The molecule has 1 rings (SSSR count). The summed E-state index contributed by atoms with van der Waals surface area (Å²) in [5, 5.41) is 12.7. The number of carbonyl (C=O) groups excluding carboxylic acids is 1. The molecule has 1 atom stereocenters. The third-order valence-electron chi connectivity index (χ3n) is 3.33. The topological polar surface area (TPSA) is 49.3 Å². The molecule has 0 aromatic heterocycles. The first-order valence-electron chi connectivity index (χ1n) is 7.13. The number of carbonyl (C=O) groups is 1. The van der Waals surface area contributed by atoms with Crippen molar-refractivity contribution in [3.8, 4) is 0 Å². The van der Waals surface area contributed by atoms with E-state index in [9.17, 15) is 18.7 Å². The number of hydrogen-bond acceptors (Lipinski definition) is 2. The van der Waals surface area contributed by atoms with E-state index >= 15 is 0 Å². The van der Waals surface area contributed by atoms with Gasteiger partial charge in [-0.2, -0.15) is 0 Å². The van der Waals surface area contributed by atoms with E-state index in [1.165, 1.54) is 6.07 Å². The number of nitrogens with one attached hydrogen (secondary N) is 1. The van der Waals surface area contributed by atoms with Crippen LogP contribution in [0.1, 0.15) is 39.2 Å². The van der Waals surface area contributed by atoms with Crippen molar-refractivity contribution in [3.63, 3.8) is 0 Å². The van der Waals surface area contributed by atoms with Crippen molar-refractivity contribution in [2.45, 2.75) is 45.6 Å². The molecule has 0 fully saturated rings. The summed E-state index contributed by atoms with van der Waals surface area (Å²) in [6, 6.07) is 3.48. The molecule has 3 nitrogen and oxygen atoms in total. The first-order chi connectivity index (χ1) is 9.71. The van der Waals surface area contributed by atoms with Gasteiger partial charge in [-0.25, -0.2) is 8.78 Å². The van der Waals surface area contributed by atoms with Gasteiger partial charge in [0.2, 0.25) is 5.91 Å². The Morgan fingerprint density at radius 1 is 1.33 bits per heavy atom. The predicted octanol–water partition coefficient (Wildman–Crippen LogP) is 2.81. The molecule has 1 aromatic carbocycles. The van der Waals surface area contributed by atoms with Crippen molar-refractivity contribution in [3.05, 3.63) is 35.4 Å². The molecule has 0 radical (unpaired) electrons. The fourth-order valence-electron chi connectivity index (χ4n) is 1.90. The zero-order valence-electron chi connectivity index (χ0n) is 12.7. The van der Waals surface area contributed by atoms with Crippen LogP contribution in [0.4, 0.5) is 8.78 Å². The Balaban J connectivity index is 2.51. The van der Waals surface area contributed by atoms with Crippen LogP contribution in [-0.4, -0.2) is 23.2 Å². The lowest BCUT2D eigenvalue weighted by Crippen LogP contribution is -2.41. The minimum absolute atomic E-state index is 0.0641. The molecule has 0 saturated heterocycles. The summed E-state index contributed by atoms with van der Waals surface area (Å²) in [6.45, 7) is 5.80. The van der Waals surface area contributed by atoms with Crippen molar-refractivity contribution in [2.75, 3.05) is 6.54 Å². The molecular weight excluding hydrogens is 276 g/mol. The number of benzene rings is 1. The van der Waals surface area contributed by atoms with Crippen LogP contribution in [0.15, 0.2) is 18.2 Å². The molecular formula is C16H23F2NO2. The van der Waals surface area contributed by atoms with E-state index in [2.05, 4.69) is 19.2 Å². The van der Waals surface area contributed by atoms with Gasteiger partial charge in [0.1, 0.15) is 11.6 Å². The lowest BCUT2D eigenvalue weighted by molar-refractivity contribution is -0.121. The Labute approximate surface area is 124 Å². The van der Waals surface area contributed by atoms with Crippen LogP contribution >= 0.6 is 0 Å². The minimum Gasteiger partial charge on any atom is -0.388 e. The summed E-state index contributed by atoms with van der Waals surface area (Å²) in [4.78, 5) is 11.7. The van der Waals surface area contributed by atoms with E-state index in [1.807, 2.05) is 0 Å². The van der Waals surface area contributed by atoms with E-state index in [0.29, 0.717) is 12.3 Å². The van der Waals surface area contributed by atoms with Crippen LogP contribution in [0.3, 0.4) is 0 Å². The van der Waals surface area contributed by atoms with Crippen molar-refractivity contribution >= 4 is 5.91 Å². The van der Waals surface area contributed by atoms with Crippen molar-refractivity contribution in [1.29, 1.82) is 0 Å². The molecule has 1 unspecified atom stereocenters. The Kier molecular flexibility index (Phi) is 6.27. The molecule has 1 aromatic rings. The fraction of sp³-hybridized carbons (Fsp3) is 0.562. The maximum atomic E-state index is 13.4. The zero-order valence-corrected chi connectivity index (χ0v) is 12.7. The molecule has 0 spiro atoms.